The van der Waals surface area contributed by atoms with Crippen molar-refractivity contribution in [2.75, 3.05) is 0 Å². The van der Waals surface area contributed by atoms with Crippen LogP contribution in [0.2, 0.25) is 0 Å². The molecule has 0 aromatic rings. The molecule has 0 heterocycles. The van der Waals surface area contributed by atoms with Gasteiger partial charge in [0.25, 0.3) is 0 Å². The molecule has 3 heteroatoms. The molecule has 0 saturated carbocycles. The largest absolute Gasteiger partial charge is 0.908 e. The summed E-state index contributed by atoms with van der Waals surface area (Å²) in [6.07, 6.45) is 3.45. The second-order valence-corrected chi connectivity index (χ2v) is 0.952. The molecule has 37 valence electrons. The molecule has 0 aromatic heterocycles. The Morgan fingerprint density at radius 2 is 2.29 bits per heavy atom. The van der Waals surface area contributed by atoms with Gasteiger partial charge in [0, 0.05) is 32.7 Å². The zero-order valence-corrected chi connectivity index (χ0v) is 7.02. The molecule has 0 fully saturated rings. The number of nitrogens with two attached hydrogens (primary N) is 1. The van der Waals surface area contributed by atoms with Gasteiger partial charge in [-0.1, -0.05) is 0 Å². The SMILES string of the molecule is CC(=[N-])C=[C-]N.[Y]. The normalized spacial score (nSPS) is 8.14. The molecule has 0 unspecified atom stereocenters. The predicted molar refractivity (Wildman–Crippen MR) is 26.0 cm³/mol. The Kier molecular flexibility index (Phi) is 9.31. The number of hydrogen-bond acceptors (Lipinski definition) is 1. The van der Waals surface area contributed by atoms with E-state index in [4.69, 9.17) is 11.1 Å². The Labute approximate surface area is 68.6 Å². The van der Waals surface area contributed by atoms with Crippen LogP contribution in [-0.2, 0) is 32.7 Å². The zero-order valence-electron chi connectivity index (χ0n) is 4.18. The molecule has 0 spiro atoms. The van der Waals surface area contributed by atoms with Gasteiger partial charge in [-0.15, -0.1) is 6.92 Å². The summed E-state index contributed by atoms with van der Waals surface area (Å²) in [5.74, 6) is 0. The third kappa shape index (κ3) is 10.7. The van der Waals surface area contributed by atoms with E-state index in [2.05, 4.69) is 6.20 Å². The number of rotatable bonds is 1. The zero-order chi connectivity index (χ0) is 4.99. The first-order valence-electron chi connectivity index (χ1n) is 1.59. The van der Waals surface area contributed by atoms with Crippen molar-refractivity contribution in [3.05, 3.63) is 17.7 Å². The molecule has 2 nitrogen and oxygen atoms in total. The van der Waals surface area contributed by atoms with E-state index in [0.717, 1.165) is 0 Å². The van der Waals surface area contributed by atoms with Gasteiger partial charge in [-0.25, -0.2) is 6.08 Å². The summed E-state index contributed by atoms with van der Waals surface area (Å²) in [7, 11) is 0. The fourth-order valence-electron chi connectivity index (χ4n) is 0.121. The predicted octanol–water partition coefficient (Wildman–Crippen LogP) is 0.290. The molecule has 0 aliphatic carbocycles. The number of nitrogens with zero attached hydrogens (tertiary/aromatic N) is 1. The van der Waals surface area contributed by atoms with Crippen LogP contribution in [0.3, 0.4) is 0 Å². The van der Waals surface area contributed by atoms with Gasteiger partial charge in [0.1, 0.15) is 0 Å². The molecule has 0 atom stereocenters. The van der Waals surface area contributed by atoms with Crippen LogP contribution in [0.1, 0.15) is 6.92 Å². The Hall–Kier alpha value is 0.314. The summed E-state index contributed by atoms with van der Waals surface area (Å²) in [6.45, 7) is 1.53. The third-order valence-electron chi connectivity index (χ3n) is 0.292. The van der Waals surface area contributed by atoms with E-state index in [1.54, 1.807) is 0 Å². The van der Waals surface area contributed by atoms with E-state index in [0.29, 0.717) is 0 Å². The molecular weight excluding hydrogens is 165 g/mol. The summed E-state index contributed by atoms with van der Waals surface area (Å²) < 4.78 is 0. The minimum absolute atomic E-state index is 0. The maximum atomic E-state index is 8.27. The smallest absolute Gasteiger partial charge is 0 e. The fourth-order valence-corrected chi connectivity index (χ4v) is 0.121. The average molecular weight is 171 g/mol. The molecule has 0 rings (SSSR count). The van der Waals surface area contributed by atoms with Gasteiger partial charge in [-0.3, -0.25) is 0 Å². The van der Waals surface area contributed by atoms with E-state index in [-0.39, 0.29) is 38.4 Å². The second kappa shape index (κ2) is 6.31. The standard InChI is InChI=1S/C4H6N2.Y/c1-4(6)2-3-5;/h2H,5H2,1H3;/q-2;. The summed E-state index contributed by atoms with van der Waals surface area (Å²) >= 11 is 0. The van der Waals surface area contributed by atoms with E-state index in [1.807, 2.05) is 0 Å². The van der Waals surface area contributed by atoms with Crippen LogP contribution in [0.25, 0.3) is 5.41 Å². The minimum Gasteiger partial charge on any atom is -0.908 e. The van der Waals surface area contributed by atoms with Crippen LogP contribution in [-0.4, -0.2) is 5.71 Å². The average Bonchev–Trinajstić information content (AvgIpc) is 1.35. The van der Waals surface area contributed by atoms with Crippen LogP contribution in [0.5, 0.6) is 0 Å². The number of allylic oxidation sites excluding steroid dienone is 1. The van der Waals surface area contributed by atoms with Crippen molar-refractivity contribution in [2.45, 2.75) is 6.92 Å². The molecule has 7 heavy (non-hydrogen) atoms. The second-order valence-electron chi connectivity index (χ2n) is 0.952. The summed E-state index contributed by atoms with van der Waals surface area (Å²) in [5.41, 5.74) is 4.92. The van der Waals surface area contributed by atoms with Gasteiger partial charge in [0.05, 0.1) is 0 Å². The van der Waals surface area contributed by atoms with Gasteiger partial charge in [0.15, 0.2) is 0 Å². The van der Waals surface area contributed by atoms with E-state index < -0.39 is 0 Å². The van der Waals surface area contributed by atoms with Gasteiger partial charge in [0.2, 0.25) is 0 Å². The topological polar surface area (TPSA) is 48.3 Å². The van der Waals surface area contributed by atoms with Crippen molar-refractivity contribution < 1.29 is 32.7 Å². The van der Waals surface area contributed by atoms with Crippen LogP contribution in [0, 0.1) is 6.20 Å². The van der Waals surface area contributed by atoms with E-state index >= 15 is 0 Å². The molecule has 0 aliphatic heterocycles. The van der Waals surface area contributed by atoms with Crippen LogP contribution in [0.4, 0.5) is 0 Å². The first kappa shape index (κ1) is 10.3. The van der Waals surface area contributed by atoms with E-state index in [9.17, 15) is 0 Å². The van der Waals surface area contributed by atoms with Crippen molar-refractivity contribution in [3.8, 4) is 0 Å². The van der Waals surface area contributed by atoms with Crippen molar-refractivity contribution in [3.63, 3.8) is 0 Å². The summed E-state index contributed by atoms with van der Waals surface area (Å²) in [5, 5.41) is 8.27. The molecular formula is C4H6N2Y-2. The maximum absolute atomic E-state index is 8.27. The van der Waals surface area contributed by atoms with Gasteiger partial charge in [-0.2, -0.15) is 6.20 Å². The Bertz CT molecular complexity index is 77.8. The third-order valence-corrected chi connectivity index (χ3v) is 0.292. The molecule has 0 aromatic carbocycles. The Morgan fingerprint density at radius 1 is 1.86 bits per heavy atom. The maximum Gasteiger partial charge on any atom is 0 e. The number of hydrogen-bond donors (Lipinski definition) is 1. The molecule has 2 N–H and O–H groups in total. The van der Waals surface area contributed by atoms with Gasteiger partial charge in [-0.05, 0) is 0 Å². The summed E-state index contributed by atoms with van der Waals surface area (Å²) in [4.78, 5) is 0. The first-order chi connectivity index (χ1) is 2.77. The summed E-state index contributed by atoms with van der Waals surface area (Å²) in [6, 6.07) is 0. The molecule has 1 radical (unpaired) electrons. The molecule has 0 aliphatic rings. The van der Waals surface area contributed by atoms with Gasteiger partial charge < -0.3 is 16.9 Å². The van der Waals surface area contributed by atoms with Crippen molar-refractivity contribution in [2.24, 2.45) is 5.73 Å². The van der Waals surface area contributed by atoms with Crippen molar-refractivity contribution >= 4 is 5.71 Å². The molecule has 0 bridgehead atoms. The van der Waals surface area contributed by atoms with Crippen LogP contribution < -0.4 is 5.73 Å². The Morgan fingerprint density at radius 3 is 2.29 bits per heavy atom. The molecule has 0 amide bonds. The fraction of sp³-hybridized carbons (Fsp3) is 0.250. The quantitative estimate of drug-likeness (QED) is 0.344. The van der Waals surface area contributed by atoms with Crippen molar-refractivity contribution in [1.29, 1.82) is 0 Å². The minimum atomic E-state index is 0. The van der Waals surface area contributed by atoms with Crippen molar-refractivity contribution in [1.82, 2.24) is 0 Å². The monoisotopic (exact) mass is 171 g/mol. The molecule has 0 saturated heterocycles. The van der Waals surface area contributed by atoms with Crippen LogP contribution >= 0.6 is 0 Å². The Balaban J connectivity index is 0. The van der Waals surface area contributed by atoms with E-state index in [1.165, 1.54) is 13.0 Å². The van der Waals surface area contributed by atoms with Gasteiger partial charge >= 0.3 is 0 Å². The van der Waals surface area contributed by atoms with Crippen LogP contribution in [0.15, 0.2) is 6.08 Å². The first-order valence-corrected chi connectivity index (χ1v) is 1.59.